The molecule has 1 aliphatic carbocycles. The summed E-state index contributed by atoms with van der Waals surface area (Å²) in [5.74, 6) is 1.70. The van der Waals surface area contributed by atoms with Crippen molar-refractivity contribution in [3.05, 3.63) is 24.4 Å². The van der Waals surface area contributed by atoms with Crippen molar-refractivity contribution in [3.63, 3.8) is 0 Å². The van der Waals surface area contributed by atoms with E-state index in [1.165, 1.54) is 12.8 Å². The molecule has 2 heterocycles. The average Bonchev–Trinajstić information content (AvgIpc) is 2.27. The first kappa shape index (κ1) is 9.16. The fraction of sp³-hybridized carbons (Fsp3) is 0.583. The molecule has 3 heteroatoms. The average molecular weight is 204 g/mol. The van der Waals surface area contributed by atoms with Crippen molar-refractivity contribution in [2.45, 2.75) is 31.4 Å². The highest BCUT2D eigenvalue weighted by molar-refractivity contribution is 5.36. The second-order valence-electron chi connectivity index (χ2n) is 4.42. The zero-order valence-corrected chi connectivity index (χ0v) is 8.73. The lowest BCUT2D eigenvalue weighted by molar-refractivity contribution is -0.0898. The van der Waals surface area contributed by atoms with Crippen LogP contribution in [0.2, 0.25) is 0 Å². The largest absolute Gasteiger partial charge is 0.378 e. The van der Waals surface area contributed by atoms with Gasteiger partial charge in [-0.05, 0) is 31.4 Å². The van der Waals surface area contributed by atoms with Crippen molar-refractivity contribution in [3.8, 4) is 0 Å². The Morgan fingerprint density at radius 2 is 2.40 bits per heavy atom. The molecule has 0 radical (unpaired) electrons. The molecule has 0 amide bonds. The fourth-order valence-corrected chi connectivity index (χ4v) is 2.60. The van der Waals surface area contributed by atoms with E-state index in [2.05, 4.69) is 10.3 Å². The lowest BCUT2D eigenvalue weighted by Crippen LogP contribution is -2.53. The second-order valence-corrected chi connectivity index (χ2v) is 4.42. The van der Waals surface area contributed by atoms with Crippen LogP contribution in [0.5, 0.6) is 0 Å². The number of hydrogen-bond donors (Lipinski definition) is 1. The number of ether oxygens (including phenoxy) is 1. The van der Waals surface area contributed by atoms with Gasteiger partial charge in [-0.2, -0.15) is 0 Å². The first-order valence-electron chi connectivity index (χ1n) is 5.72. The summed E-state index contributed by atoms with van der Waals surface area (Å²) in [6.07, 6.45) is 5.99. The van der Waals surface area contributed by atoms with Gasteiger partial charge in [0, 0.05) is 24.8 Å². The predicted molar refractivity (Wildman–Crippen MR) is 58.7 cm³/mol. The van der Waals surface area contributed by atoms with Crippen LogP contribution < -0.4 is 5.32 Å². The Morgan fingerprint density at radius 1 is 1.40 bits per heavy atom. The van der Waals surface area contributed by atoms with Gasteiger partial charge in [-0.1, -0.05) is 6.07 Å². The molecule has 0 spiro atoms. The van der Waals surface area contributed by atoms with Gasteiger partial charge in [0.1, 0.15) is 5.82 Å². The van der Waals surface area contributed by atoms with Gasteiger partial charge in [0.25, 0.3) is 0 Å². The topological polar surface area (TPSA) is 34.1 Å². The van der Waals surface area contributed by atoms with E-state index in [0.717, 1.165) is 18.8 Å². The van der Waals surface area contributed by atoms with Crippen molar-refractivity contribution in [2.24, 2.45) is 5.92 Å². The monoisotopic (exact) mass is 204 g/mol. The SMILES string of the molecule is c1ccc(NC2CC3OCCCC23)nc1. The van der Waals surface area contributed by atoms with E-state index in [9.17, 15) is 0 Å². The lowest BCUT2D eigenvalue weighted by Gasteiger charge is -2.47. The molecule has 3 rings (SSSR count). The number of pyridine rings is 1. The molecule has 1 aromatic heterocycles. The Hall–Kier alpha value is -1.09. The summed E-state index contributed by atoms with van der Waals surface area (Å²) in [6, 6.07) is 6.56. The molecule has 1 saturated carbocycles. The molecule has 3 atom stereocenters. The Labute approximate surface area is 89.9 Å². The van der Waals surface area contributed by atoms with Gasteiger partial charge < -0.3 is 10.1 Å². The van der Waals surface area contributed by atoms with Crippen LogP contribution in [-0.2, 0) is 4.74 Å². The zero-order valence-electron chi connectivity index (χ0n) is 8.73. The van der Waals surface area contributed by atoms with Crippen LogP contribution in [0.15, 0.2) is 24.4 Å². The van der Waals surface area contributed by atoms with Gasteiger partial charge in [-0.25, -0.2) is 4.98 Å². The van der Waals surface area contributed by atoms with Crippen molar-refractivity contribution >= 4 is 5.82 Å². The maximum Gasteiger partial charge on any atom is 0.126 e. The first-order chi connectivity index (χ1) is 7.43. The summed E-state index contributed by atoms with van der Waals surface area (Å²) in [4.78, 5) is 4.29. The maximum absolute atomic E-state index is 5.68. The third-order valence-corrected chi connectivity index (χ3v) is 3.49. The van der Waals surface area contributed by atoms with Gasteiger partial charge in [0.2, 0.25) is 0 Å². The van der Waals surface area contributed by atoms with Crippen LogP contribution >= 0.6 is 0 Å². The summed E-state index contributed by atoms with van der Waals surface area (Å²) >= 11 is 0. The highest BCUT2D eigenvalue weighted by Crippen LogP contribution is 2.39. The summed E-state index contributed by atoms with van der Waals surface area (Å²) < 4.78 is 5.68. The molecule has 0 aromatic carbocycles. The molecule has 1 aliphatic heterocycles. The summed E-state index contributed by atoms with van der Waals surface area (Å²) in [6.45, 7) is 0.956. The van der Waals surface area contributed by atoms with Gasteiger partial charge in [-0.3, -0.25) is 0 Å². The summed E-state index contributed by atoms with van der Waals surface area (Å²) in [7, 11) is 0. The van der Waals surface area contributed by atoms with Crippen molar-refractivity contribution in [1.82, 2.24) is 4.98 Å². The smallest absolute Gasteiger partial charge is 0.126 e. The van der Waals surface area contributed by atoms with E-state index < -0.39 is 0 Å². The molecule has 15 heavy (non-hydrogen) atoms. The molecule has 2 aliphatic rings. The maximum atomic E-state index is 5.68. The standard InChI is InChI=1S/C12H16N2O/c1-2-6-13-12(5-1)14-10-8-11-9(10)4-3-7-15-11/h1-2,5-6,9-11H,3-4,7-8H2,(H,13,14). The van der Waals surface area contributed by atoms with Crippen molar-refractivity contribution < 1.29 is 4.74 Å². The van der Waals surface area contributed by atoms with Gasteiger partial charge in [0.15, 0.2) is 0 Å². The number of anilines is 1. The number of nitrogens with zero attached hydrogens (tertiary/aromatic N) is 1. The van der Waals surface area contributed by atoms with E-state index in [-0.39, 0.29) is 0 Å². The van der Waals surface area contributed by atoms with Gasteiger partial charge in [0.05, 0.1) is 6.10 Å². The molecule has 1 aromatic rings. The highest BCUT2D eigenvalue weighted by atomic mass is 16.5. The molecular formula is C12H16N2O. The Morgan fingerprint density at radius 3 is 3.20 bits per heavy atom. The summed E-state index contributed by atoms with van der Waals surface area (Å²) in [5.41, 5.74) is 0. The minimum Gasteiger partial charge on any atom is -0.378 e. The Bertz CT molecular complexity index is 328. The van der Waals surface area contributed by atoms with Gasteiger partial charge >= 0.3 is 0 Å². The van der Waals surface area contributed by atoms with Crippen LogP contribution in [0.25, 0.3) is 0 Å². The van der Waals surface area contributed by atoms with Crippen LogP contribution in [0, 0.1) is 5.92 Å². The number of aromatic nitrogens is 1. The van der Waals surface area contributed by atoms with Gasteiger partial charge in [-0.15, -0.1) is 0 Å². The quantitative estimate of drug-likeness (QED) is 0.800. The number of hydrogen-bond acceptors (Lipinski definition) is 3. The van der Waals surface area contributed by atoms with Crippen molar-refractivity contribution in [2.75, 3.05) is 11.9 Å². The molecule has 80 valence electrons. The molecule has 1 saturated heterocycles. The summed E-state index contributed by atoms with van der Waals surface area (Å²) in [5, 5.41) is 3.49. The molecule has 3 nitrogen and oxygen atoms in total. The van der Waals surface area contributed by atoms with E-state index in [1.807, 2.05) is 24.4 Å². The molecule has 1 N–H and O–H groups in total. The van der Waals surface area contributed by atoms with Crippen LogP contribution in [0.1, 0.15) is 19.3 Å². The number of nitrogens with one attached hydrogen (secondary N) is 1. The normalized spacial score (nSPS) is 34.0. The fourth-order valence-electron chi connectivity index (χ4n) is 2.60. The van der Waals surface area contributed by atoms with E-state index in [1.54, 1.807) is 0 Å². The highest BCUT2D eigenvalue weighted by Gasteiger charge is 2.43. The zero-order chi connectivity index (χ0) is 10.1. The van der Waals surface area contributed by atoms with E-state index in [4.69, 9.17) is 4.74 Å². The third-order valence-electron chi connectivity index (χ3n) is 3.49. The third kappa shape index (κ3) is 1.72. The lowest BCUT2D eigenvalue weighted by atomic mass is 9.72. The Kier molecular flexibility index (Phi) is 2.33. The van der Waals surface area contributed by atoms with Crippen LogP contribution in [0.4, 0.5) is 5.82 Å². The minimum atomic E-state index is 0.514. The molecule has 3 unspecified atom stereocenters. The number of rotatable bonds is 2. The van der Waals surface area contributed by atoms with E-state index >= 15 is 0 Å². The Balaban J connectivity index is 1.61. The second kappa shape index (κ2) is 3.81. The van der Waals surface area contributed by atoms with Crippen LogP contribution in [0.3, 0.4) is 0 Å². The van der Waals surface area contributed by atoms with Crippen molar-refractivity contribution in [1.29, 1.82) is 0 Å². The molecule has 2 fully saturated rings. The minimum absolute atomic E-state index is 0.514. The first-order valence-corrected chi connectivity index (χ1v) is 5.72. The molecule has 0 bridgehead atoms. The predicted octanol–water partition coefficient (Wildman–Crippen LogP) is 2.06. The number of fused-ring (bicyclic) bond motifs is 1. The van der Waals surface area contributed by atoms with Crippen LogP contribution in [-0.4, -0.2) is 23.7 Å². The van der Waals surface area contributed by atoms with E-state index in [0.29, 0.717) is 18.1 Å². The molecular weight excluding hydrogens is 188 g/mol.